The number of pyridine rings is 1. The molecule has 1 heterocycles. The number of hydrogen-bond acceptors (Lipinski definition) is 8. The number of non-ortho nitro benzene ring substituents is 2. The molecule has 0 amide bonds. The molecule has 3 aromatic rings. The second-order valence-electron chi connectivity index (χ2n) is 6.39. The monoisotopic (exact) mass is 435 g/mol. The van der Waals surface area contributed by atoms with Crippen molar-refractivity contribution in [2.75, 3.05) is 6.61 Å². The van der Waals surface area contributed by atoms with Crippen LogP contribution in [0.25, 0.3) is 12.2 Å². The third-order valence-corrected chi connectivity index (χ3v) is 4.20. The van der Waals surface area contributed by atoms with Crippen molar-refractivity contribution in [3.8, 4) is 11.5 Å². The summed E-state index contributed by atoms with van der Waals surface area (Å²) in [7, 11) is 0. The molecule has 0 aliphatic carbocycles. The summed E-state index contributed by atoms with van der Waals surface area (Å²) in [6, 6.07) is 11.2. The average Bonchev–Trinajstić information content (AvgIpc) is 2.79. The Morgan fingerprint density at radius 1 is 0.906 bits per heavy atom. The van der Waals surface area contributed by atoms with Gasteiger partial charge in [-0.25, -0.2) is 4.79 Å². The highest BCUT2D eigenvalue weighted by Gasteiger charge is 2.22. The maximum atomic E-state index is 12.6. The molecule has 0 atom stereocenters. The number of nitrogens with zero attached hydrogens (tertiary/aromatic N) is 3. The number of rotatable bonds is 8. The molecule has 0 bridgehead atoms. The first kappa shape index (κ1) is 22.1. The molecule has 1 aromatic heterocycles. The summed E-state index contributed by atoms with van der Waals surface area (Å²) in [5.74, 6) is -0.637. The number of esters is 1. The highest BCUT2D eigenvalue weighted by atomic mass is 16.6. The van der Waals surface area contributed by atoms with E-state index >= 15 is 0 Å². The molecule has 3 rings (SSSR count). The summed E-state index contributed by atoms with van der Waals surface area (Å²) in [6.45, 7) is 2.05. The Hall–Kier alpha value is -4.60. The van der Waals surface area contributed by atoms with Gasteiger partial charge in [-0.05, 0) is 42.3 Å². The SMILES string of the molecule is CCOc1cc(/C=C/c2ccncc2)ccc1OC(=O)c1cc([N+](=O)[O-])cc([N+](=O)[O-])c1. The lowest BCUT2D eigenvalue weighted by Crippen LogP contribution is -2.11. The van der Waals surface area contributed by atoms with Gasteiger partial charge >= 0.3 is 5.97 Å². The van der Waals surface area contributed by atoms with E-state index in [0.717, 1.165) is 29.3 Å². The summed E-state index contributed by atoms with van der Waals surface area (Å²) >= 11 is 0. The molecule has 0 aliphatic rings. The quantitative estimate of drug-likeness (QED) is 0.215. The van der Waals surface area contributed by atoms with Crippen LogP contribution in [-0.4, -0.2) is 27.4 Å². The van der Waals surface area contributed by atoms with Gasteiger partial charge < -0.3 is 9.47 Å². The maximum absolute atomic E-state index is 12.6. The predicted octanol–water partition coefficient (Wildman–Crippen LogP) is 4.69. The van der Waals surface area contributed by atoms with Crippen molar-refractivity contribution >= 4 is 29.5 Å². The van der Waals surface area contributed by atoms with E-state index in [2.05, 4.69) is 4.98 Å². The molecular weight excluding hydrogens is 418 g/mol. The van der Waals surface area contributed by atoms with Crippen molar-refractivity contribution in [2.45, 2.75) is 6.92 Å². The summed E-state index contributed by atoms with van der Waals surface area (Å²) in [6.07, 6.45) is 7.06. The van der Waals surface area contributed by atoms with Gasteiger partial charge in [-0.3, -0.25) is 25.2 Å². The van der Waals surface area contributed by atoms with Crippen LogP contribution in [0.15, 0.2) is 60.9 Å². The average molecular weight is 435 g/mol. The fraction of sp³-hybridized carbons (Fsp3) is 0.0909. The van der Waals surface area contributed by atoms with Crippen LogP contribution in [0.1, 0.15) is 28.4 Å². The number of hydrogen-bond donors (Lipinski definition) is 0. The van der Waals surface area contributed by atoms with Crippen molar-refractivity contribution in [3.05, 3.63) is 97.8 Å². The molecule has 0 fully saturated rings. The van der Waals surface area contributed by atoms with Crippen LogP contribution < -0.4 is 9.47 Å². The molecular formula is C22H17N3O7. The first-order chi connectivity index (χ1) is 15.4. The maximum Gasteiger partial charge on any atom is 0.344 e. The minimum atomic E-state index is -0.988. The standard InChI is InChI=1S/C22H17N3O7/c1-2-31-21-11-16(4-3-15-7-9-23-10-8-15)5-6-20(21)32-22(26)17-12-18(24(27)28)14-19(13-17)25(29)30/h3-14H,2H2,1H3/b4-3+. The third kappa shape index (κ3) is 5.51. The molecule has 0 saturated carbocycles. The van der Waals surface area contributed by atoms with Gasteiger partial charge in [0.15, 0.2) is 11.5 Å². The lowest BCUT2D eigenvalue weighted by Gasteiger charge is -2.11. The number of ether oxygens (including phenoxy) is 2. The van der Waals surface area contributed by atoms with Crippen molar-refractivity contribution in [3.63, 3.8) is 0 Å². The Kier molecular flexibility index (Phi) is 6.86. The highest BCUT2D eigenvalue weighted by molar-refractivity contribution is 5.93. The number of carbonyl (C=O) groups excluding carboxylic acids is 1. The molecule has 32 heavy (non-hydrogen) atoms. The van der Waals surface area contributed by atoms with Crippen LogP contribution in [0.3, 0.4) is 0 Å². The molecule has 162 valence electrons. The summed E-state index contributed by atoms with van der Waals surface area (Å²) in [5.41, 5.74) is 0.215. The largest absolute Gasteiger partial charge is 0.490 e. The third-order valence-electron chi connectivity index (χ3n) is 4.20. The first-order valence-corrected chi connectivity index (χ1v) is 9.38. The van der Waals surface area contributed by atoms with Crippen LogP contribution in [0, 0.1) is 20.2 Å². The Labute approximate surface area is 182 Å². The zero-order chi connectivity index (χ0) is 23.1. The van der Waals surface area contributed by atoms with Crippen molar-refractivity contribution in [2.24, 2.45) is 0 Å². The minimum absolute atomic E-state index is 0.0760. The van der Waals surface area contributed by atoms with Crippen LogP contribution >= 0.6 is 0 Å². The predicted molar refractivity (Wildman–Crippen MR) is 115 cm³/mol. The van der Waals surface area contributed by atoms with Gasteiger partial charge in [0.25, 0.3) is 11.4 Å². The van der Waals surface area contributed by atoms with Crippen LogP contribution in [-0.2, 0) is 0 Å². The Bertz CT molecular complexity index is 1160. The molecule has 0 unspecified atom stereocenters. The van der Waals surface area contributed by atoms with E-state index in [1.165, 1.54) is 6.07 Å². The number of nitro benzene ring substituents is 2. The number of carbonyl (C=O) groups is 1. The van der Waals surface area contributed by atoms with Crippen molar-refractivity contribution in [1.29, 1.82) is 0 Å². The van der Waals surface area contributed by atoms with Gasteiger partial charge in [0, 0.05) is 24.5 Å². The van der Waals surface area contributed by atoms with Gasteiger partial charge in [0.05, 0.1) is 28.1 Å². The van der Waals surface area contributed by atoms with Crippen LogP contribution in [0.4, 0.5) is 11.4 Å². The zero-order valence-electron chi connectivity index (χ0n) is 16.8. The fourth-order valence-electron chi connectivity index (χ4n) is 2.73. The number of nitro groups is 2. The van der Waals surface area contributed by atoms with E-state index in [0.29, 0.717) is 6.61 Å². The van der Waals surface area contributed by atoms with Crippen LogP contribution in [0.2, 0.25) is 0 Å². The van der Waals surface area contributed by atoms with Crippen molar-refractivity contribution < 1.29 is 24.1 Å². The Morgan fingerprint density at radius 3 is 2.12 bits per heavy atom. The van der Waals surface area contributed by atoms with Crippen LogP contribution in [0.5, 0.6) is 11.5 Å². The summed E-state index contributed by atoms with van der Waals surface area (Å²) in [5, 5.41) is 22.1. The second-order valence-corrected chi connectivity index (χ2v) is 6.39. The molecule has 2 aromatic carbocycles. The molecule has 0 N–H and O–H groups in total. The smallest absolute Gasteiger partial charge is 0.344 e. The van der Waals surface area contributed by atoms with Gasteiger partial charge in [0.1, 0.15) is 0 Å². The lowest BCUT2D eigenvalue weighted by atomic mass is 10.1. The van der Waals surface area contributed by atoms with E-state index in [1.807, 2.05) is 24.3 Å². The zero-order valence-corrected chi connectivity index (χ0v) is 16.8. The van der Waals surface area contributed by atoms with Crippen molar-refractivity contribution in [1.82, 2.24) is 4.98 Å². The highest BCUT2D eigenvalue weighted by Crippen LogP contribution is 2.31. The Morgan fingerprint density at radius 2 is 1.53 bits per heavy atom. The summed E-state index contributed by atoms with van der Waals surface area (Å²) in [4.78, 5) is 37.0. The number of aromatic nitrogens is 1. The van der Waals surface area contributed by atoms with Gasteiger partial charge in [-0.1, -0.05) is 18.2 Å². The minimum Gasteiger partial charge on any atom is -0.490 e. The summed E-state index contributed by atoms with van der Waals surface area (Å²) < 4.78 is 10.9. The fourth-order valence-corrected chi connectivity index (χ4v) is 2.73. The molecule has 0 spiro atoms. The lowest BCUT2D eigenvalue weighted by molar-refractivity contribution is -0.394. The first-order valence-electron chi connectivity index (χ1n) is 9.38. The van der Waals surface area contributed by atoms with E-state index in [9.17, 15) is 25.0 Å². The van der Waals surface area contributed by atoms with E-state index in [4.69, 9.17) is 9.47 Å². The van der Waals surface area contributed by atoms with E-state index in [1.54, 1.807) is 31.5 Å². The van der Waals surface area contributed by atoms with E-state index in [-0.39, 0.29) is 17.1 Å². The van der Waals surface area contributed by atoms with Gasteiger partial charge in [-0.15, -0.1) is 0 Å². The molecule has 0 saturated heterocycles. The van der Waals surface area contributed by atoms with Gasteiger partial charge in [0.2, 0.25) is 0 Å². The normalized spacial score (nSPS) is 10.7. The second kappa shape index (κ2) is 9.94. The molecule has 10 heteroatoms. The van der Waals surface area contributed by atoms with Gasteiger partial charge in [-0.2, -0.15) is 0 Å². The number of benzene rings is 2. The Balaban J connectivity index is 1.88. The molecule has 0 radical (unpaired) electrons. The topological polar surface area (TPSA) is 135 Å². The molecule has 0 aliphatic heterocycles. The van der Waals surface area contributed by atoms with E-state index < -0.39 is 27.2 Å². The molecule has 10 nitrogen and oxygen atoms in total.